The van der Waals surface area contributed by atoms with Crippen molar-refractivity contribution in [1.29, 1.82) is 0 Å². The van der Waals surface area contributed by atoms with Crippen molar-refractivity contribution in [2.75, 3.05) is 20.3 Å². The van der Waals surface area contributed by atoms with Gasteiger partial charge in [-0.1, -0.05) is 19.8 Å². The SMILES string of the molecule is CCCC1CCO[C@@H]2c3cc(OC)ccc3OC[C@@H]12. The van der Waals surface area contributed by atoms with E-state index in [1.54, 1.807) is 7.11 Å². The predicted octanol–water partition coefficient (Wildman–Crippen LogP) is 3.58. The van der Waals surface area contributed by atoms with Gasteiger partial charge in [0.25, 0.3) is 0 Å². The Bertz CT molecular complexity index is 442. The Balaban J connectivity index is 1.90. The molecule has 2 heterocycles. The molecule has 1 aromatic carbocycles. The molecule has 0 saturated carbocycles. The molecule has 0 N–H and O–H groups in total. The van der Waals surface area contributed by atoms with E-state index in [1.807, 2.05) is 12.1 Å². The lowest BCUT2D eigenvalue weighted by molar-refractivity contribution is -0.0871. The molecule has 3 heteroatoms. The molecule has 0 spiro atoms. The maximum Gasteiger partial charge on any atom is 0.125 e. The lowest BCUT2D eigenvalue weighted by Gasteiger charge is -2.41. The first-order valence-electron chi connectivity index (χ1n) is 7.25. The lowest BCUT2D eigenvalue weighted by Crippen LogP contribution is -2.37. The molecule has 2 aliphatic heterocycles. The topological polar surface area (TPSA) is 27.7 Å². The monoisotopic (exact) mass is 262 g/mol. The highest BCUT2D eigenvalue weighted by Crippen LogP contribution is 2.46. The molecule has 104 valence electrons. The van der Waals surface area contributed by atoms with E-state index in [9.17, 15) is 0 Å². The highest BCUT2D eigenvalue weighted by molar-refractivity contribution is 5.43. The number of hydrogen-bond donors (Lipinski definition) is 0. The number of hydrogen-bond acceptors (Lipinski definition) is 3. The van der Waals surface area contributed by atoms with Gasteiger partial charge in [0.2, 0.25) is 0 Å². The van der Waals surface area contributed by atoms with Crippen molar-refractivity contribution < 1.29 is 14.2 Å². The summed E-state index contributed by atoms with van der Waals surface area (Å²) in [4.78, 5) is 0. The Hall–Kier alpha value is -1.22. The van der Waals surface area contributed by atoms with Crippen LogP contribution in [-0.2, 0) is 4.74 Å². The van der Waals surface area contributed by atoms with Crippen LogP contribution in [0.25, 0.3) is 0 Å². The molecule has 2 aliphatic rings. The van der Waals surface area contributed by atoms with Crippen molar-refractivity contribution in [2.24, 2.45) is 11.8 Å². The summed E-state index contributed by atoms with van der Waals surface area (Å²) in [5.74, 6) is 3.06. The van der Waals surface area contributed by atoms with Crippen molar-refractivity contribution in [3.63, 3.8) is 0 Å². The van der Waals surface area contributed by atoms with Crippen LogP contribution in [0.2, 0.25) is 0 Å². The fourth-order valence-electron chi connectivity index (χ4n) is 3.40. The summed E-state index contributed by atoms with van der Waals surface area (Å²) in [6.45, 7) is 3.91. The van der Waals surface area contributed by atoms with Gasteiger partial charge < -0.3 is 14.2 Å². The van der Waals surface area contributed by atoms with Crippen molar-refractivity contribution in [1.82, 2.24) is 0 Å². The second-order valence-electron chi connectivity index (χ2n) is 5.51. The van der Waals surface area contributed by atoms with Crippen molar-refractivity contribution in [3.05, 3.63) is 23.8 Å². The molecule has 1 saturated heterocycles. The fraction of sp³-hybridized carbons (Fsp3) is 0.625. The average molecular weight is 262 g/mol. The minimum absolute atomic E-state index is 0.184. The van der Waals surface area contributed by atoms with Gasteiger partial charge in [-0.25, -0.2) is 0 Å². The highest BCUT2D eigenvalue weighted by Gasteiger charge is 2.39. The van der Waals surface area contributed by atoms with Gasteiger partial charge in [-0.3, -0.25) is 0 Å². The summed E-state index contributed by atoms with van der Waals surface area (Å²) in [5, 5.41) is 0. The summed E-state index contributed by atoms with van der Waals surface area (Å²) in [5.41, 5.74) is 1.16. The minimum Gasteiger partial charge on any atom is -0.497 e. The first kappa shape index (κ1) is 12.8. The highest BCUT2D eigenvalue weighted by atomic mass is 16.5. The third-order valence-electron chi connectivity index (χ3n) is 4.39. The van der Waals surface area contributed by atoms with E-state index in [0.717, 1.165) is 42.6 Å². The molecule has 3 nitrogen and oxygen atoms in total. The fourth-order valence-corrected chi connectivity index (χ4v) is 3.40. The van der Waals surface area contributed by atoms with Gasteiger partial charge in [-0.05, 0) is 30.5 Å². The zero-order valence-corrected chi connectivity index (χ0v) is 11.7. The van der Waals surface area contributed by atoms with Crippen molar-refractivity contribution in [3.8, 4) is 11.5 Å². The standard InChI is InChI=1S/C16H22O3/c1-3-4-11-7-8-18-16-13-9-12(17-2)5-6-15(13)19-10-14(11)16/h5-6,9,11,14,16H,3-4,7-8,10H2,1-2H3/t11?,14-,16+/m0/s1. The van der Waals surface area contributed by atoms with Crippen LogP contribution in [0.5, 0.6) is 11.5 Å². The van der Waals surface area contributed by atoms with Crippen LogP contribution in [0.15, 0.2) is 18.2 Å². The molecule has 1 unspecified atom stereocenters. The van der Waals surface area contributed by atoms with Crippen LogP contribution in [0.3, 0.4) is 0 Å². The van der Waals surface area contributed by atoms with E-state index in [-0.39, 0.29) is 6.10 Å². The number of methoxy groups -OCH3 is 1. The van der Waals surface area contributed by atoms with Crippen LogP contribution < -0.4 is 9.47 Å². The summed E-state index contributed by atoms with van der Waals surface area (Å²) in [6.07, 6.45) is 3.85. The number of rotatable bonds is 3. The first-order valence-corrected chi connectivity index (χ1v) is 7.25. The Kier molecular flexibility index (Phi) is 3.65. The second kappa shape index (κ2) is 5.41. The average Bonchev–Trinajstić information content (AvgIpc) is 2.47. The molecule has 0 aromatic heterocycles. The van der Waals surface area contributed by atoms with Gasteiger partial charge in [-0.2, -0.15) is 0 Å². The molecule has 0 radical (unpaired) electrons. The number of ether oxygens (including phenoxy) is 3. The van der Waals surface area contributed by atoms with Crippen molar-refractivity contribution in [2.45, 2.75) is 32.3 Å². The number of fused-ring (bicyclic) bond motifs is 3. The molecular weight excluding hydrogens is 240 g/mol. The van der Waals surface area contributed by atoms with Gasteiger partial charge >= 0.3 is 0 Å². The van der Waals surface area contributed by atoms with Crippen LogP contribution in [0.4, 0.5) is 0 Å². The normalized spacial score (nSPS) is 29.1. The molecule has 3 atom stereocenters. The van der Waals surface area contributed by atoms with E-state index in [4.69, 9.17) is 14.2 Å². The molecule has 0 amide bonds. The second-order valence-corrected chi connectivity index (χ2v) is 5.51. The number of benzene rings is 1. The van der Waals surface area contributed by atoms with Gasteiger partial charge in [0.1, 0.15) is 11.5 Å². The summed E-state index contributed by atoms with van der Waals surface area (Å²) in [7, 11) is 1.70. The predicted molar refractivity (Wildman–Crippen MR) is 73.7 cm³/mol. The summed E-state index contributed by atoms with van der Waals surface area (Å²) in [6, 6.07) is 6.02. The maximum absolute atomic E-state index is 6.05. The van der Waals surface area contributed by atoms with E-state index < -0.39 is 0 Å². The molecular formula is C16H22O3. The first-order chi connectivity index (χ1) is 9.33. The van der Waals surface area contributed by atoms with Crippen LogP contribution >= 0.6 is 0 Å². The Morgan fingerprint density at radius 1 is 1.37 bits per heavy atom. The smallest absolute Gasteiger partial charge is 0.125 e. The molecule has 0 bridgehead atoms. The van der Waals surface area contributed by atoms with Gasteiger partial charge in [0.05, 0.1) is 19.8 Å². The molecule has 1 fully saturated rings. The van der Waals surface area contributed by atoms with Crippen LogP contribution in [-0.4, -0.2) is 20.3 Å². The van der Waals surface area contributed by atoms with Crippen molar-refractivity contribution >= 4 is 0 Å². The third-order valence-corrected chi connectivity index (χ3v) is 4.39. The van der Waals surface area contributed by atoms with E-state index in [0.29, 0.717) is 5.92 Å². The summed E-state index contributed by atoms with van der Waals surface area (Å²) < 4.78 is 17.3. The Morgan fingerprint density at radius 3 is 3.05 bits per heavy atom. The van der Waals surface area contributed by atoms with E-state index in [1.165, 1.54) is 12.8 Å². The molecule has 19 heavy (non-hydrogen) atoms. The maximum atomic E-state index is 6.05. The Morgan fingerprint density at radius 2 is 2.26 bits per heavy atom. The van der Waals surface area contributed by atoms with Gasteiger partial charge in [-0.15, -0.1) is 0 Å². The van der Waals surface area contributed by atoms with Crippen LogP contribution in [0.1, 0.15) is 37.9 Å². The Labute approximate surface area is 114 Å². The summed E-state index contributed by atoms with van der Waals surface area (Å²) >= 11 is 0. The van der Waals surface area contributed by atoms with Gasteiger partial charge in [0.15, 0.2) is 0 Å². The third kappa shape index (κ3) is 2.32. The molecule has 0 aliphatic carbocycles. The quantitative estimate of drug-likeness (QED) is 0.833. The van der Waals surface area contributed by atoms with E-state index in [2.05, 4.69) is 13.0 Å². The molecule has 1 aromatic rings. The van der Waals surface area contributed by atoms with Crippen LogP contribution in [0, 0.1) is 11.8 Å². The zero-order valence-electron chi connectivity index (χ0n) is 11.7. The minimum atomic E-state index is 0.184. The van der Waals surface area contributed by atoms with Gasteiger partial charge in [0, 0.05) is 18.1 Å². The van der Waals surface area contributed by atoms with E-state index >= 15 is 0 Å². The largest absolute Gasteiger partial charge is 0.497 e. The molecule has 3 rings (SSSR count). The lowest BCUT2D eigenvalue weighted by atomic mass is 9.77. The zero-order chi connectivity index (χ0) is 13.2.